The van der Waals surface area contributed by atoms with Crippen molar-refractivity contribution in [1.29, 1.82) is 0 Å². The first-order valence-corrected chi connectivity index (χ1v) is 9.68. The zero-order valence-corrected chi connectivity index (χ0v) is 18.0. The van der Waals surface area contributed by atoms with Crippen LogP contribution in [0.3, 0.4) is 0 Å². The zero-order chi connectivity index (χ0) is 21.9. The van der Waals surface area contributed by atoms with Crippen LogP contribution >= 0.6 is 0 Å². The Hall–Kier alpha value is -3.19. The molecule has 0 atom stereocenters. The topological polar surface area (TPSA) is 83.3 Å². The number of methoxy groups -OCH3 is 3. The van der Waals surface area contributed by atoms with Crippen LogP contribution in [0.2, 0.25) is 0 Å². The lowest BCUT2D eigenvalue weighted by atomic mass is 9.99. The minimum atomic E-state index is -0.422. The van der Waals surface area contributed by atoms with Crippen molar-refractivity contribution < 1.29 is 23.7 Å². The number of carbonyl (C=O) groups excluding carboxylic acids is 1. The number of amides is 1. The maximum absolute atomic E-state index is 13.5. The highest BCUT2D eigenvalue weighted by Crippen LogP contribution is 2.40. The molecule has 0 spiro atoms. The first-order chi connectivity index (χ1) is 14.3. The van der Waals surface area contributed by atoms with Gasteiger partial charge in [0.2, 0.25) is 0 Å². The van der Waals surface area contributed by atoms with Crippen LogP contribution in [0, 0.1) is 0 Å². The fraction of sp³-hybridized carbons (Fsp3) is 0.348. The lowest BCUT2D eigenvalue weighted by molar-refractivity contribution is 0.0984. The molecule has 2 aromatic carbocycles. The zero-order valence-electron chi connectivity index (χ0n) is 18.0. The van der Waals surface area contributed by atoms with E-state index in [2.05, 4.69) is 0 Å². The van der Waals surface area contributed by atoms with Gasteiger partial charge >= 0.3 is 0 Å². The van der Waals surface area contributed by atoms with E-state index in [0.29, 0.717) is 47.3 Å². The smallest absolute Gasteiger partial charge is 0.262 e. The molecule has 0 unspecified atom stereocenters. The van der Waals surface area contributed by atoms with Gasteiger partial charge in [0.25, 0.3) is 5.91 Å². The van der Waals surface area contributed by atoms with Crippen LogP contribution in [0.4, 0.5) is 5.69 Å². The molecule has 0 radical (unpaired) electrons. The Kier molecular flexibility index (Phi) is 6.22. The largest absolute Gasteiger partial charge is 0.495 e. The SMILES string of the molecule is COc1ccc(N(CCN)C(=O)c2ccc3c(c2OC)C=CC(C)(C)O3)cc1OC. The molecule has 0 saturated carbocycles. The monoisotopic (exact) mass is 412 g/mol. The second kappa shape index (κ2) is 8.67. The number of rotatable bonds is 7. The lowest BCUT2D eigenvalue weighted by Gasteiger charge is -2.30. The number of ether oxygens (including phenoxy) is 4. The van der Waals surface area contributed by atoms with Crippen LogP contribution in [0.25, 0.3) is 6.08 Å². The van der Waals surface area contributed by atoms with Gasteiger partial charge in [0.15, 0.2) is 11.5 Å². The molecule has 0 fully saturated rings. The van der Waals surface area contributed by atoms with E-state index < -0.39 is 5.60 Å². The van der Waals surface area contributed by atoms with Gasteiger partial charge in [-0.05, 0) is 50.3 Å². The summed E-state index contributed by atoms with van der Waals surface area (Å²) in [7, 11) is 4.66. The summed E-state index contributed by atoms with van der Waals surface area (Å²) in [6.45, 7) is 4.56. The average molecular weight is 412 g/mol. The molecule has 7 nitrogen and oxygen atoms in total. The Balaban J connectivity index is 2.05. The number of carbonyl (C=O) groups is 1. The molecule has 3 rings (SSSR count). The molecule has 160 valence electrons. The fourth-order valence-electron chi connectivity index (χ4n) is 3.43. The Labute approximate surface area is 177 Å². The van der Waals surface area contributed by atoms with Gasteiger partial charge in [-0.1, -0.05) is 0 Å². The highest BCUT2D eigenvalue weighted by Gasteiger charge is 2.28. The van der Waals surface area contributed by atoms with Crippen LogP contribution in [-0.4, -0.2) is 45.9 Å². The van der Waals surface area contributed by atoms with Gasteiger partial charge in [-0.15, -0.1) is 0 Å². The van der Waals surface area contributed by atoms with Crippen molar-refractivity contribution in [2.75, 3.05) is 39.3 Å². The molecule has 0 aromatic heterocycles. The molecule has 1 aliphatic rings. The van der Waals surface area contributed by atoms with Crippen LogP contribution in [0.1, 0.15) is 29.8 Å². The summed E-state index contributed by atoms with van der Waals surface area (Å²) in [4.78, 5) is 15.1. The van der Waals surface area contributed by atoms with E-state index in [9.17, 15) is 4.79 Å². The van der Waals surface area contributed by atoms with Gasteiger partial charge in [-0.2, -0.15) is 0 Å². The van der Waals surface area contributed by atoms with Gasteiger partial charge in [0, 0.05) is 24.8 Å². The Bertz CT molecular complexity index is 968. The number of hydrogen-bond donors (Lipinski definition) is 1. The third-order valence-electron chi connectivity index (χ3n) is 4.89. The predicted molar refractivity (Wildman–Crippen MR) is 117 cm³/mol. The molecule has 2 aromatic rings. The van der Waals surface area contributed by atoms with Crippen molar-refractivity contribution >= 4 is 17.7 Å². The molecular weight excluding hydrogens is 384 g/mol. The number of nitrogens with two attached hydrogens (primary N) is 1. The van der Waals surface area contributed by atoms with Gasteiger partial charge in [0.1, 0.15) is 17.1 Å². The summed E-state index contributed by atoms with van der Waals surface area (Å²) in [5.74, 6) is 2.02. The van der Waals surface area contributed by atoms with Crippen LogP contribution in [-0.2, 0) is 0 Å². The van der Waals surface area contributed by atoms with Crippen molar-refractivity contribution in [3.63, 3.8) is 0 Å². The van der Waals surface area contributed by atoms with Crippen molar-refractivity contribution in [2.24, 2.45) is 5.73 Å². The van der Waals surface area contributed by atoms with Crippen molar-refractivity contribution in [1.82, 2.24) is 0 Å². The molecule has 7 heteroatoms. The number of anilines is 1. The summed E-state index contributed by atoms with van der Waals surface area (Å²) in [5.41, 5.74) is 7.20. The first kappa shape index (κ1) is 21.5. The summed E-state index contributed by atoms with van der Waals surface area (Å²) in [6, 6.07) is 8.83. The summed E-state index contributed by atoms with van der Waals surface area (Å²) < 4.78 is 22.3. The van der Waals surface area contributed by atoms with E-state index in [4.69, 9.17) is 24.7 Å². The van der Waals surface area contributed by atoms with E-state index in [1.807, 2.05) is 26.0 Å². The quantitative estimate of drug-likeness (QED) is 0.749. The van der Waals surface area contributed by atoms with E-state index >= 15 is 0 Å². The number of fused-ring (bicyclic) bond motifs is 1. The molecule has 1 aliphatic heterocycles. The van der Waals surface area contributed by atoms with Crippen molar-refractivity contribution in [3.8, 4) is 23.0 Å². The third-order valence-corrected chi connectivity index (χ3v) is 4.89. The van der Waals surface area contributed by atoms with Crippen LogP contribution in [0.5, 0.6) is 23.0 Å². The second-order valence-corrected chi connectivity index (χ2v) is 7.38. The Morgan fingerprint density at radius 2 is 1.80 bits per heavy atom. The van der Waals surface area contributed by atoms with Gasteiger partial charge in [-0.25, -0.2) is 0 Å². The molecule has 1 heterocycles. The van der Waals surface area contributed by atoms with Crippen molar-refractivity contribution in [2.45, 2.75) is 19.4 Å². The number of benzene rings is 2. The standard InChI is InChI=1S/C23H28N2O5/c1-23(2)11-10-16-18(30-23)9-7-17(21(16)29-5)22(26)25(13-12-24)15-6-8-19(27-3)20(14-15)28-4/h6-11,14H,12-13,24H2,1-5H3. The number of nitrogens with zero attached hydrogens (tertiary/aromatic N) is 1. The van der Waals surface area contributed by atoms with Gasteiger partial charge in [-0.3, -0.25) is 4.79 Å². The molecule has 0 saturated heterocycles. The third kappa shape index (κ3) is 4.07. The first-order valence-electron chi connectivity index (χ1n) is 9.68. The van der Waals surface area contributed by atoms with E-state index in [0.717, 1.165) is 5.56 Å². The Morgan fingerprint density at radius 1 is 1.07 bits per heavy atom. The lowest BCUT2D eigenvalue weighted by Crippen LogP contribution is -2.36. The summed E-state index contributed by atoms with van der Waals surface area (Å²) in [6.07, 6.45) is 3.87. The maximum atomic E-state index is 13.5. The molecule has 30 heavy (non-hydrogen) atoms. The summed E-state index contributed by atoms with van der Waals surface area (Å²) in [5, 5.41) is 0. The molecular formula is C23H28N2O5. The highest BCUT2D eigenvalue weighted by molar-refractivity contribution is 6.09. The maximum Gasteiger partial charge on any atom is 0.262 e. The normalized spacial score (nSPS) is 13.8. The number of hydrogen-bond acceptors (Lipinski definition) is 6. The molecule has 2 N–H and O–H groups in total. The van der Waals surface area contributed by atoms with Crippen LogP contribution in [0.15, 0.2) is 36.4 Å². The summed E-state index contributed by atoms with van der Waals surface area (Å²) >= 11 is 0. The van der Waals surface area contributed by atoms with E-state index in [-0.39, 0.29) is 5.91 Å². The fourth-order valence-corrected chi connectivity index (χ4v) is 3.43. The molecule has 0 bridgehead atoms. The van der Waals surface area contributed by atoms with Crippen molar-refractivity contribution in [3.05, 3.63) is 47.5 Å². The molecule has 1 amide bonds. The minimum absolute atomic E-state index is 0.231. The van der Waals surface area contributed by atoms with Crippen LogP contribution < -0.4 is 29.6 Å². The van der Waals surface area contributed by atoms with E-state index in [1.54, 1.807) is 56.6 Å². The second-order valence-electron chi connectivity index (χ2n) is 7.38. The van der Waals surface area contributed by atoms with Gasteiger partial charge in [0.05, 0.1) is 32.5 Å². The Morgan fingerprint density at radius 3 is 2.43 bits per heavy atom. The average Bonchev–Trinajstić information content (AvgIpc) is 2.74. The van der Waals surface area contributed by atoms with Gasteiger partial charge < -0.3 is 29.6 Å². The molecule has 0 aliphatic carbocycles. The van der Waals surface area contributed by atoms with E-state index in [1.165, 1.54) is 0 Å². The predicted octanol–water partition coefficient (Wildman–Crippen LogP) is 3.50. The highest BCUT2D eigenvalue weighted by atomic mass is 16.5. The minimum Gasteiger partial charge on any atom is -0.495 e.